The molecule has 1 aliphatic heterocycles. The lowest BCUT2D eigenvalue weighted by Crippen LogP contribution is -2.69. The number of esters is 1. The maximum absolute atomic E-state index is 13.8. The van der Waals surface area contributed by atoms with Gasteiger partial charge in [0.15, 0.2) is 5.54 Å². The monoisotopic (exact) mass is 512 g/mol. The van der Waals surface area contributed by atoms with Crippen LogP contribution in [0.1, 0.15) is 72.1 Å². The SMILES string of the molecule is CCCCCC[C@H]1C(=O)N[C@](C(=O)SCC(NC(C)=O)C(=O)OC)([C@@H](O)[C@@H]2C=CCCC2)[C@@]1(C)O. The molecule has 6 atom stereocenters. The number of hydrogen-bond acceptors (Lipinski definition) is 8. The van der Waals surface area contributed by atoms with Crippen molar-refractivity contribution in [1.29, 1.82) is 0 Å². The van der Waals surface area contributed by atoms with Crippen molar-refractivity contribution in [2.75, 3.05) is 12.9 Å². The number of hydrogen-bond donors (Lipinski definition) is 4. The minimum absolute atomic E-state index is 0.173. The maximum Gasteiger partial charge on any atom is 0.329 e. The first-order valence-corrected chi connectivity index (χ1v) is 13.4. The summed E-state index contributed by atoms with van der Waals surface area (Å²) in [5, 5.41) is 27.8. The Hall–Kier alpha value is -1.91. The van der Waals surface area contributed by atoms with Crippen LogP contribution in [0.5, 0.6) is 0 Å². The molecule has 1 fully saturated rings. The van der Waals surface area contributed by atoms with E-state index in [0.717, 1.165) is 32.1 Å². The van der Waals surface area contributed by atoms with Crippen LogP contribution in [-0.4, -0.2) is 69.3 Å². The van der Waals surface area contributed by atoms with Gasteiger partial charge in [-0.25, -0.2) is 4.79 Å². The zero-order valence-electron chi connectivity index (χ0n) is 21.2. The number of amides is 2. The molecule has 0 spiro atoms. The normalized spacial score (nSPS) is 29.8. The second-order valence-electron chi connectivity index (χ2n) is 9.69. The molecule has 0 saturated carbocycles. The number of nitrogens with one attached hydrogen (secondary N) is 2. The predicted octanol–water partition coefficient (Wildman–Crippen LogP) is 1.85. The van der Waals surface area contributed by atoms with Crippen LogP contribution < -0.4 is 10.6 Å². The Kier molecular flexibility index (Phi) is 10.8. The minimum Gasteiger partial charge on any atom is -0.467 e. The highest BCUT2D eigenvalue weighted by Gasteiger charge is 2.68. The highest BCUT2D eigenvalue weighted by Crippen LogP contribution is 2.46. The molecule has 9 nitrogen and oxygen atoms in total. The van der Waals surface area contributed by atoms with Gasteiger partial charge in [-0.3, -0.25) is 14.4 Å². The average Bonchev–Trinajstić information content (AvgIpc) is 3.03. The first-order valence-electron chi connectivity index (χ1n) is 12.4. The number of allylic oxidation sites excluding steroid dienone is 1. The molecule has 0 radical (unpaired) electrons. The van der Waals surface area contributed by atoms with Gasteiger partial charge < -0.3 is 25.6 Å². The molecule has 0 aromatic heterocycles. The van der Waals surface area contributed by atoms with E-state index in [1.165, 1.54) is 21.0 Å². The van der Waals surface area contributed by atoms with E-state index < -0.39 is 58.0 Å². The molecule has 10 heteroatoms. The molecule has 1 heterocycles. The van der Waals surface area contributed by atoms with E-state index in [2.05, 4.69) is 17.6 Å². The molecular formula is C25H40N2O7S. The molecule has 0 aromatic rings. The summed E-state index contributed by atoms with van der Waals surface area (Å²) in [6.07, 6.45) is 8.72. The van der Waals surface area contributed by atoms with Gasteiger partial charge >= 0.3 is 5.97 Å². The standard InChI is InChI=1S/C25H40N2O7S/c1-5-6-7-11-14-18-21(30)27-25(24(18,3)33,20(29)17-12-9-8-10-13-17)23(32)35-15-19(22(31)34-4)26-16(2)28/h9,12,17-20,29,33H,5-8,10-11,13-15H2,1-4H3,(H,26,28)(H,27,30)/t17-,18+,19?,20+,24+,25+/m1/s1. The van der Waals surface area contributed by atoms with E-state index in [1.54, 1.807) is 0 Å². The van der Waals surface area contributed by atoms with Gasteiger partial charge in [-0.05, 0) is 32.6 Å². The summed E-state index contributed by atoms with van der Waals surface area (Å²) in [5.41, 5.74) is -3.83. The number of aliphatic hydroxyl groups is 2. The average molecular weight is 513 g/mol. The zero-order chi connectivity index (χ0) is 26.2. The smallest absolute Gasteiger partial charge is 0.329 e. The lowest BCUT2D eigenvalue weighted by Gasteiger charge is -2.45. The fourth-order valence-electron chi connectivity index (χ4n) is 5.13. The van der Waals surface area contributed by atoms with Crippen LogP contribution in [0.4, 0.5) is 0 Å². The van der Waals surface area contributed by atoms with Gasteiger partial charge in [0.2, 0.25) is 16.9 Å². The van der Waals surface area contributed by atoms with Gasteiger partial charge in [0.1, 0.15) is 11.6 Å². The van der Waals surface area contributed by atoms with E-state index in [-0.39, 0.29) is 5.75 Å². The molecule has 2 rings (SSSR count). The summed E-state index contributed by atoms with van der Waals surface area (Å²) >= 11 is 0.684. The number of carbonyl (C=O) groups excluding carboxylic acids is 4. The van der Waals surface area contributed by atoms with Crippen LogP contribution >= 0.6 is 11.8 Å². The number of methoxy groups -OCH3 is 1. The third-order valence-electron chi connectivity index (χ3n) is 7.17. The van der Waals surface area contributed by atoms with Gasteiger partial charge in [0.25, 0.3) is 0 Å². The number of unbranched alkanes of at least 4 members (excludes halogenated alkanes) is 3. The van der Waals surface area contributed by atoms with Crippen molar-refractivity contribution in [1.82, 2.24) is 10.6 Å². The predicted molar refractivity (Wildman–Crippen MR) is 133 cm³/mol. The molecule has 198 valence electrons. The second kappa shape index (κ2) is 12.9. The Bertz CT molecular complexity index is 816. The van der Waals surface area contributed by atoms with Crippen molar-refractivity contribution < 1.29 is 34.1 Å². The summed E-state index contributed by atoms with van der Waals surface area (Å²) in [4.78, 5) is 50.5. The van der Waals surface area contributed by atoms with Crippen LogP contribution in [0.25, 0.3) is 0 Å². The molecule has 1 unspecified atom stereocenters. The third kappa shape index (κ3) is 6.46. The lowest BCUT2D eigenvalue weighted by molar-refractivity contribution is -0.144. The maximum atomic E-state index is 13.8. The van der Waals surface area contributed by atoms with Crippen molar-refractivity contribution in [3.8, 4) is 0 Å². The van der Waals surface area contributed by atoms with Gasteiger partial charge in [0.05, 0.1) is 19.1 Å². The molecule has 2 amide bonds. The molecule has 0 bridgehead atoms. The largest absolute Gasteiger partial charge is 0.467 e. The summed E-state index contributed by atoms with van der Waals surface area (Å²) in [7, 11) is 1.18. The quantitative estimate of drug-likeness (QED) is 0.176. The summed E-state index contributed by atoms with van der Waals surface area (Å²) < 4.78 is 4.72. The fourth-order valence-corrected chi connectivity index (χ4v) is 6.27. The molecule has 1 saturated heterocycles. The van der Waals surface area contributed by atoms with E-state index in [0.29, 0.717) is 31.0 Å². The van der Waals surface area contributed by atoms with Crippen LogP contribution in [0.15, 0.2) is 12.2 Å². The van der Waals surface area contributed by atoms with Crippen LogP contribution in [0, 0.1) is 11.8 Å². The topological polar surface area (TPSA) is 142 Å². The van der Waals surface area contributed by atoms with Gasteiger partial charge in [-0.15, -0.1) is 0 Å². The Balaban J connectivity index is 2.37. The summed E-state index contributed by atoms with van der Waals surface area (Å²) in [5.74, 6) is -3.12. The van der Waals surface area contributed by atoms with Crippen molar-refractivity contribution in [2.45, 2.75) is 95.4 Å². The van der Waals surface area contributed by atoms with Crippen molar-refractivity contribution in [3.05, 3.63) is 12.2 Å². The van der Waals surface area contributed by atoms with Crippen LogP contribution in [0.3, 0.4) is 0 Å². The number of aliphatic hydroxyl groups excluding tert-OH is 1. The molecular weight excluding hydrogens is 472 g/mol. The highest BCUT2D eigenvalue weighted by atomic mass is 32.2. The first kappa shape index (κ1) is 29.3. The van der Waals surface area contributed by atoms with Gasteiger partial charge in [0, 0.05) is 18.6 Å². The van der Waals surface area contributed by atoms with Crippen molar-refractivity contribution >= 4 is 34.7 Å². The number of rotatable bonds is 12. The summed E-state index contributed by atoms with van der Waals surface area (Å²) in [6.45, 7) is 4.76. The van der Waals surface area contributed by atoms with E-state index in [4.69, 9.17) is 4.74 Å². The van der Waals surface area contributed by atoms with Gasteiger partial charge in [-0.1, -0.05) is 56.5 Å². The first-order chi connectivity index (χ1) is 16.5. The number of ether oxygens (including phenoxy) is 1. The molecule has 2 aliphatic rings. The van der Waals surface area contributed by atoms with Crippen LogP contribution in [0.2, 0.25) is 0 Å². The Morgan fingerprint density at radius 3 is 2.60 bits per heavy atom. The lowest BCUT2D eigenvalue weighted by atomic mass is 9.68. The number of carbonyl (C=O) groups is 4. The van der Waals surface area contributed by atoms with E-state index >= 15 is 0 Å². The second-order valence-corrected chi connectivity index (χ2v) is 10.7. The van der Waals surface area contributed by atoms with Gasteiger partial charge in [-0.2, -0.15) is 0 Å². The Morgan fingerprint density at radius 2 is 2.03 bits per heavy atom. The zero-order valence-corrected chi connectivity index (χ0v) is 22.0. The number of thioether (sulfide) groups is 1. The van der Waals surface area contributed by atoms with Crippen LogP contribution in [-0.2, 0) is 23.9 Å². The molecule has 0 aromatic carbocycles. The fraction of sp³-hybridized carbons (Fsp3) is 0.760. The Morgan fingerprint density at radius 1 is 1.31 bits per heavy atom. The van der Waals surface area contributed by atoms with E-state index in [9.17, 15) is 29.4 Å². The minimum atomic E-state index is -1.96. The molecule has 35 heavy (non-hydrogen) atoms. The molecule has 1 aliphatic carbocycles. The Labute approximate surface area is 211 Å². The highest BCUT2D eigenvalue weighted by molar-refractivity contribution is 8.13. The van der Waals surface area contributed by atoms with E-state index in [1.807, 2.05) is 12.2 Å². The third-order valence-corrected chi connectivity index (χ3v) is 8.25. The summed E-state index contributed by atoms with van der Waals surface area (Å²) in [6, 6.07) is -1.10. The molecule has 4 N–H and O–H groups in total. The van der Waals surface area contributed by atoms with Crippen molar-refractivity contribution in [3.63, 3.8) is 0 Å². The van der Waals surface area contributed by atoms with Crippen molar-refractivity contribution in [2.24, 2.45) is 11.8 Å².